The summed E-state index contributed by atoms with van der Waals surface area (Å²) in [6, 6.07) is 12.7. The number of nitrogens with one attached hydrogen (secondary N) is 1. The maximum Gasteiger partial charge on any atom is 0.123 e. The van der Waals surface area contributed by atoms with Gasteiger partial charge in [0, 0.05) is 41.3 Å². The van der Waals surface area contributed by atoms with E-state index in [2.05, 4.69) is 46.5 Å². The van der Waals surface area contributed by atoms with Gasteiger partial charge in [-0.3, -0.25) is 4.98 Å². The maximum atomic E-state index is 4.35. The molecule has 0 saturated heterocycles. The molecule has 0 spiro atoms. The highest BCUT2D eigenvalue weighted by atomic mass is 32.1. The minimum absolute atomic E-state index is 0.240. The second-order valence-electron chi connectivity index (χ2n) is 4.56. The Hall–Kier alpha value is -2.20. The summed E-state index contributed by atoms with van der Waals surface area (Å²) in [5.74, 6) is 0. The van der Waals surface area contributed by atoms with E-state index in [4.69, 9.17) is 0 Å². The Kier molecular flexibility index (Phi) is 3.74. The smallest absolute Gasteiger partial charge is 0.123 e. The number of thiazole rings is 1. The van der Waals surface area contributed by atoms with Crippen LogP contribution in [0.4, 0.5) is 5.69 Å². The number of anilines is 1. The van der Waals surface area contributed by atoms with Gasteiger partial charge in [-0.2, -0.15) is 0 Å². The van der Waals surface area contributed by atoms with Crippen LogP contribution in [0.3, 0.4) is 0 Å². The van der Waals surface area contributed by atoms with Crippen molar-refractivity contribution in [1.29, 1.82) is 0 Å². The Morgan fingerprint density at radius 3 is 2.70 bits per heavy atom. The molecule has 1 atom stereocenters. The molecule has 0 aliphatic carbocycles. The van der Waals surface area contributed by atoms with Crippen LogP contribution >= 0.6 is 11.3 Å². The van der Waals surface area contributed by atoms with Crippen molar-refractivity contribution in [3.63, 3.8) is 0 Å². The molecule has 1 aromatic carbocycles. The molecule has 0 aliphatic rings. The average molecular weight is 281 g/mol. The van der Waals surface area contributed by atoms with E-state index in [0.29, 0.717) is 0 Å². The van der Waals surface area contributed by atoms with E-state index in [1.54, 1.807) is 11.3 Å². The van der Waals surface area contributed by atoms with Gasteiger partial charge in [-0.15, -0.1) is 11.3 Å². The third-order valence-electron chi connectivity index (χ3n) is 3.13. The molecular weight excluding hydrogens is 266 g/mol. The molecule has 0 radical (unpaired) electrons. The number of rotatable bonds is 4. The molecule has 0 bridgehead atoms. The SMILES string of the molecule is CC(Nc1cccc(-c2nccs2)c1)c1ccncc1. The third-order valence-corrected chi connectivity index (χ3v) is 3.95. The van der Waals surface area contributed by atoms with Crippen molar-refractivity contribution in [1.82, 2.24) is 9.97 Å². The summed E-state index contributed by atoms with van der Waals surface area (Å²) in [6.07, 6.45) is 5.47. The summed E-state index contributed by atoms with van der Waals surface area (Å²) in [7, 11) is 0. The Morgan fingerprint density at radius 2 is 1.95 bits per heavy atom. The van der Waals surface area contributed by atoms with Gasteiger partial charge in [-0.25, -0.2) is 4.98 Å². The molecule has 2 heterocycles. The Balaban J connectivity index is 1.80. The molecule has 0 aliphatic heterocycles. The van der Waals surface area contributed by atoms with E-state index in [1.807, 2.05) is 36.1 Å². The van der Waals surface area contributed by atoms with Gasteiger partial charge in [-0.05, 0) is 36.8 Å². The first-order valence-corrected chi connectivity index (χ1v) is 7.37. The molecule has 100 valence electrons. The summed E-state index contributed by atoms with van der Waals surface area (Å²) < 4.78 is 0. The van der Waals surface area contributed by atoms with Crippen LogP contribution in [0.2, 0.25) is 0 Å². The number of hydrogen-bond acceptors (Lipinski definition) is 4. The number of aromatic nitrogens is 2. The van der Waals surface area contributed by atoms with Crippen molar-refractivity contribution < 1.29 is 0 Å². The van der Waals surface area contributed by atoms with Crippen molar-refractivity contribution >= 4 is 17.0 Å². The second-order valence-corrected chi connectivity index (χ2v) is 5.46. The highest BCUT2D eigenvalue weighted by Gasteiger charge is 2.06. The van der Waals surface area contributed by atoms with Crippen LogP contribution in [0.5, 0.6) is 0 Å². The Labute approximate surface area is 122 Å². The monoisotopic (exact) mass is 281 g/mol. The summed E-state index contributed by atoms with van der Waals surface area (Å²) >= 11 is 1.65. The molecule has 1 N–H and O–H groups in total. The molecule has 3 aromatic rings. The minimum Gasteiger partial charge on any atom is -0.379 e. The van der Waals surface area contributed by atoms with Gasteiger partial charge in [0.05, 0.1) is 0 Å². The number of hydrogen-bond donors (Lipinski definition) is 1. The van der Waals surface area contributed by atoms with Crippen LogP contribution in [0, 0.1) is 0 Å². The first-order valence-electron chi connectivity index (χ1n) is 6.49. The highest BCUT2D eigenvalue weighted by molar-refractivity contribution is 7.13. The molecule has 0 fully saturated rings. The van der Waals surface area contributed by atoms with E-state index in [0.717, 1.165) is 16.3 Å². The van der Waals surface area contributed by atoms with Gasteiger partial charge >= 0.3 is 0 Å². The summed E-state index contributed by atoms with van der Waals surface area (Å²) in [6.45, 7) is 2.14. The van der Waals surface area contributed by atoms with Crippen LogP contribution in [0.25, 0.3) is 10.6 Å². The number of pyridine rings is 1. The first-order chi connectivity index (χ1) is 9.83. The molecule has 20 heavy (non-hydrogen) atoms. The van der Waals surface area contributed by atoms with Crippen LogP contribution in [-0.4, -0.2) is 9.97 Å². The highest BCUT2D eigenvalue weighted by Crippen LogP contribution is 2.26. The average Bonchev–Trinajstić information content (AvgIpc) is 3.03. The molecule has 3 nitrogen and oxygen atoms in total. The van der Waals surface area contributed by atoms with E-state index >= 15 is 0 Å². The van der Waals surface area contributed by atoms with Crippen molar-refractivity contribution in [3.05, 3.63) is 65.9 Å². The van der Waals surface area contributed by atoms with E-state index < -0.39 is 0 Å². The van der Waals surface area contributed by atoms with Gasteiger partial charge in [0.1, 0.15) is 5.01 Å². The van der Waals surface area contributed by atoms with Crippen molar-refractivity contribution in [3.8, 4) is 10.6 Å². The summed E-state index contributed by atoms with van der Waals surface area (Å²) in [5, 5.41) is 6.55. The molecule has 3 rings (SSSR count). The fourth-order valence-electron chi connectivity index (χ4n) is 2.09. The largest absolute Gasteiger partial charge is 0.379 e. The zero-order chi connectivity index (χ0) is 13.8. The van der Waals surface area contributed by atoms with Gasteiger partial charge < -0.3 is 5.32 Å². The predicted molar refractivity (Wildman–Crippen MR) is 83.8 cm³/mol. The lowest BCUT2D eigenvalue weighted by atomic mass is 10.1. The number of benzene rings is 1. The predicted octanol–water partition coefficient (Wildman–Crippen LogP) is 4.38. The minimum atomic E-state index is 0.240. The summed E-state index contributed by atoms with van der Waals surface area (Å²) in [4.78, 5) is 8.40. The first kappa shape index (κ1) is 12.8. The van der Waals surface area contributed by atoms with E-state index in [1.165, 1.54) is 5.56 Å². The Morgan fingerprint density at radius 1 is 1.10 bits per heavy atom. The molecule has 0 saturated carbocycles. The quantitative estimate of drug-likeness (QED) is 0.771. The van der Waals surface area contributed by atoms with Gasteiger partial charge in [0.25, 0.3) is 0 Å². The van der Waals surface area contributed by atoms with Gasteiger partial charge in [-0.1, -0.05) is 12.1 Å². The van der Waals surface area contributed by atoms with Crippen molar-refractivity contribution in [2.75, 3.05) is 5.32 Å². The summed E-state index contributed by atoms with van der Waals surface area (Å²) in [5.41, 5.74) is 3.47. The maximum absolute atomic E-state index is 4.35. The normalized spacial score (nSPS) is 12.1. The zero-order valence-electron chi connectivity index (χ0n) is 11.2. The Bertz CT molecular complexity index is 665. The second kappa shape index (κ2) is 5.84. The van der Waals surface area contributed by atoms with E-state index in [-0.39, 0.29) is 6.04 Å². The van der Waals surface area contributed by atoms with Crippen LogP contribution in [0.15, 0.2) is 60.4 Å². The fourth-order valence-corrected chi connectivity index (χ4v) is 2.73. The van der Waals surface area contributed by atoms with E-state index in [9.17, 15) is 0 Å². The lowest BCUT2D eigenvalue weighted by Gasteiger charge is -2.16. The zero-order valence-corrected chi connectivity index (χ0v) is 12.0. The van der Waals surface area contributed by atoms with Gasteiger partial charge in [0.2, 0.25) is 0 Å². The van der Waals surface area contributed by atoms with Crippen molar-refractivity contribution in [2.45, 2.75) is 13.0 Å². The van der Waals surface area contributed by atoms with Crippen LogP contribution in [-0.2, 0) is 0 Å². The molecule has 2 aromatic heterocycles. The van der Waals surface area contributed by atoms with Gasteiger partial charge in [0.15, 0.2) is 0 Å². The van der Waals surface area contributed by atoms with Crippen molar-refractivity contribution in [2.24, 2.45) is 0 Å². The van der Waals surface area contributed by atoms with Crippen LogP contribution in [0.1, 0.15) is 18.5 Å². The fraction of sp³-hybridized carbons (Fsp3) is 0.125. The molecule has 4 heteroatoms. The molecular formula is C16H15N3S. The molecule has 0 amide bonds. The number of nitrogens with zero attached hydrogens (tertiary/aromatic N) is 2. The lowest BCUT2D eigenvalue weighted by molar-refractivity contribution is 0.881. The lowest BCUT2D eigenvalue weighted by Crippen LogP contribution is -2.06. The topological polar surface area (TPSA) is 37.8 Å². The standard InChI is InChI=1S/C16H15N3S/c1-12(13-5-7-17-8-6-13)19-15-4-2-3-14(11-15)16-18-9-10-20-16/h2-12,19H,1H3. The molecule has 1 unspecified atom stereocenters. The third kappa shape index (κ3) is 2.86. The van der Waals surface area contributed by atoms with Crippen LogP contribution < -0.4 is 5.32 Å².